The first-order valence-corrected chi connectivity index (χ1v) is 9.17. The van der Waals surface area contributed by atoms with E-state index in [1.54, 1.807) is 0 Å². The molecule has 7 nitrogen and oxygen atoms in total. The molecule has 1 saturated heterocycles. The number of nitrogens with one attached hydrogen (secondary N) is 1. The Kier molecular flexibility index (Phi) is 6.31. The number of carbonyl (C=O) groups excluding carboxylic acids is 2. The molecule has 0 unspecified atom stereocenters. The standard InChI is InChI=1S/C19H19ClF2N4O3/c20-15-8-13(3-4-16(15)21)26(19(29)25-6-5-14(27)10-25)9-12-2-1-11(7-17(12)22)18(28)24-23/h1-4,7-8,14,27H,5-6,9-10,23H2,(H,24,28)/t14-/m1/s1. The lowest BCUT2D eigenvalue weighted by atomic mass is 10.1. The number of β-amino-alcohol motifs (C(OH)–C–C–N with tert-alkyl or cyclic N) is 1. The third-order valence-corrected chi connectivity index (χ3v) is 4.94. The number of nitrogen functional groups attached to an aromatic ring is 1. The van der Waals surface area contributed by atoms with Crippen LogP contribution in [0.15, 0.2) is 36.4 Å². The number of anilines is 1. The van der Waals surface area contributed by atoms with Crippen molar-refractivity contribution in [2.24, 2.45) is 5.84 Å². The molecule has 1 aliphatic rings. The van der Waals surface area contributed by atoms with Gasteiger partial charge in [-0.1, -0.05) is 17.7 Å². The van der Waals surface area contributed by atoms with Crippen LogP contribution in [-0.4, -0.2) is 41.1 Å². The molecule has 1 fully saturated rings. The summed E-state index contributed by atoms with van der Waals surface area (Å²) in [4.78, 5) is 27.2. The fourth-order valence-electron chi connectivity index (χ4n) is 3.08. The molecule has 154 valence electrons. The van der Waals surface area contributed by atoms with Gasteiger partial charge < -0.3 is 10.0 Å². The fourth-order valence-corrected chi connectivity index (χ4v) is 3.25. The van der Waals surface area contributed by atoms with Crippen LogP contribution in [0.4, 0.5) is 19.3 Å². The normalized spacial score (nSPS) is 16.0. The second kappa shape index (κ2) is 8.73. The summed E-state index contributed by atoms with van der Waals surface area (Å²) in [6, 6.07) is 7.02. The van der Waals surface area contributed by atoms with Gasteiger partial charge in [-0.15, -0.1) is 0 Å². The molecule has 1 aliphatic heterocycles. The number of urea groups is 1. The van der Waals surface area contributed by atoms with E-state index in [1.165, 1.54) is 34.1 Å². The summed E-state index contributed by atoms with van der Waals surface area (Å²) in [5.41, 5.74) is 2.34. The quantitative estimate of drug-likeness (QED) is 0.399. The van der Waals surface area contributed by atoms with Gasteiger partial charge in [-0.2, -0.15) is 0 Å². The summed E-state index contributed by atoms with van der Waals surface area (Å²) in [5, 5.41) is 9.55. The number of benzene rings is 2. The smallest absolute Gasteiger partial charge is 0.324 e. The van der Waals surface area contributed by atoms with Crippen LogP contribution in [0.1, 0.15) is 22.3 Å². The molecule has 0 aromatic heterocycles. The van der Waals surface area contributed by atoms with Gasteiger partial charge in [0.2, 0.25) is 0 Å². The minimum atomic E-state index is -0.710. The van der Waals surface area contributed by atoms with E-state index >= 15 is 0 Å². The van der Waals surface area contributed by atoms with Crippen LogP contribution in [0.3, 0.4) is 0 Å². The van der Waals surface area contributed by atoms with E-state index in [-0.39, 0.29) is 34.9 Å². The molecule has 0 aliphatic carbocycles. The molecule has 0 radical (unpaired) electrons. The highest BCUT2D eigenvalue weighted by Crippen LogP contribution is 2.27. The predicted octanol–water partition coefficient (Wildman–Crippen LogP) is 2.41. The third kappa shape index (κ3) is 4.64. The van der Waals surface area contributed by atoms with Crippen molar-refractivity contribution in [3.8, 4) is 0 Å². The van der Waals surface area contributed by atoms with E-state index in [0.717, 1.165) is 12.1 Å². The minimum absolute atomic E-state index is 0.0270. The number of hydrogen-bond donors (Lipinski definition) is 3. The van der Waals surface area contributed by atoms with Crippen LogP contribution in [-0.2, 0) is 6.54 Å². The van der Waals surface area contributed by atoms with E-state index in [9.17, 15) is 23.5 Å². The molecule has 0 bridgehead atoms. The van der Waals surface area contributed by atoms with Gasteiger partial charge >= 0.3 is 6.03 Å². The van der Waals surface area contributed by atoms with Gasteiger partial charge in [0.15, 0.2) is 0 Å². The first-order chi connectivity index (χ1) is 13.8. The Labute approximate surface area is 170 Å². The predicted molar refractivity (Wildman–Crippen MR) is 103 cm³/mol. The van der Waals surface area contributed by atoms with Crippen LogP contribution in [0.5, 0.6) is 0 Å². The number of nitrogens with zero attached hydrogens (tertiary/aromatic N) is 2. The van der Waals surface area contributed by atoms with E-state index in [4.69, 9.17) is 17.4 Å². The Balaban J connectivity index is 1.93. The van der Waals surface area contributed by atoms with Gasteiger partial charge in [0.25, 0.3) is 5.91 Å². The van der Waals surface area contributed by atoms with Crippen molar-refractivity contribution < 1.29 is 23.5 Å². The zero-order valence-corrected chi connectivity index (χ0v) is 16.0. The Bertz CT molecular complexity index is 944. The number of hydrogen-bond acceptors (Lipinski definition) is 4. The molecule has 10 heteroatoms. The van der Waals surface area contributed by atoms with Gasteiger partial charge in [0, 0.05) is 29.9 Å². The van der Waals surface area contributed by atoms with E-state index in [2.05, 4.69) is 0 Å². The summed E-state index contributed by atoms with van der Waals surface area (Å²) in [5.74, 6) is 3.04. The first kappa shape index (κ1) is 21.0. The largest absolute Gasteiger partial charge is 0.391 e. The lowest BCUT2D eigenvalue weighted by Crippen LogP contribution is -2.42. The lowest BCUT2D eigenvalue weighted by Gasteiger charge is -2.28. The minimum Gasteiger partial charge on any atom is -0.391 e. The number of amides is 3. The fraction of sp³-hybridized carbons (Fsp3) is 0.263. The molecule has 3 amide bonds. The van der Waals surface area contributed by atoms with Crippen LogP contribution in [0, 0.1) is 11.6 Å². The Morgan fingerprint density at radius 1 is 1.24 bits per heavy atom. The van der Waals surface area contributed by atoms with Crippen molar-refractivity contribution in [2.45, 2.75) is 19.1 Å². The highest BCUT2D eigenvalue weighted by Gasteiger charge is 2.30. The van der Waals surface area contributed by atoms with Crippen molar-refractivity contribution in [3.05, 3.63) is 64.2 Å². The molecule has 3 rings (SSSR count). The number of halogens is 3. The van der Waals surface area contributed by atoms with Gasteiger partial charge in [-0.25, -0.2) is 19.4 Å². The topological polar surface area (TPSA) is 98.9 Å². The third-order valence-electron chi connectivity index (χ3n) is 4.65. The van der Waals surface area contributed by atoms with Crippen molar-refractivity contribution in [3.63, 3.8) is 0 Å². The highest BCUT2D eigenvalue weighted by molar-refractivity contribution is 6.31. The number of aliphatic hydroxyl groups is 1. The molecular formula is C19H19ClF2N4O3. The van der Waals surface area contributed by atoms with Gasteiger partial charge in [0.05, 0.1) is 17.7 Å². The number of rotatable bonds is 4. The Morgan fingerprint density at radius 3 is 2.59 bits per heavy atom. The van der Waals surface area contributed by atoms with E-state index < -0.39 is 29.7 Å². The van der Waals surface area contributed by atoms with Gasteiger partial charge in [-0.3, -0.25) is 15.1 Å². The number of carbonyl (C=O) groups is 2. The monoisotopic (exact) mass is 424 g/mol. The van der Waals surface area contributed by atoms with Crippen LogP contribution < -0.4 is 16.2 Å². The first-order valence-electron chi connectivity index (χ1n) is 8.79. The number of nitrogens with two attached hydrogens (primary N) is 1. The van der Waals surface area contributed by atoms with Gasteiger partial charge in [0.1, 0.15) is 11.6 Å². The molecule has 0 saturated carbocycles. The summed E-state index contributed by atoms with van der Waals surface area (Å²) in [7, 11) is 0. The Morgan fingerprint density at radius 2 is 2.00 bits per heavy atom. The summed E-state index contributed by atoms with van der Waals surface area (Å²) in [6.45, 7) is 0.287. The lowest BCUT2D eigenvalue weighted by molar-refractivity contribution is 0.0953. The summed E-state index contributed by atoms with van der Waals surface area (Å²) >= 11 is 5.85. The second-order valence-electron chi connectivity index (χ2n) is 6.64. The van der Waals surface area contributed by atoms with Crippen molar-refractivity contribution in [2.75, 3.05) is 18.0 Å². The van der Waals surface area contributed by atoms with Crippen molar-refractivity contribution in [1.82, 2.24) is 10.3 Å². The number of likely N-dealkylation sites (tertiary alicyclic amines) is 1. The Hall–Kier alpha value is -2.75. The zero-order valence-electron chi connectivity index (χ0n) is 15.2. The maximum Gasteiger partial charge on any atom is 0.324 e. The van der Waals surface area contributed by atoms with Gasteiger partial charge in [-0.05, 0) is 36.8 Å². The van der Waals surface area contributed by atoms with Crippen molar-refractivity contribution in [1.29, 1.82) is 0 Å². The van der Waals surface area contributed by atoms with Crippen LogP contribution >= 0.6 is 11.6 Å². The van der Waals surface area contributed by atoms with E-state index in [1.807, 2.05) is 5.43 Å². The molecule has 4 N–H and O–H groups in total. The molecule has 2 aromatic rings. The van der Waals surface area contributed by atoms with Crippen molar-refractivity contribution >= 4 is 29.2 Å². The summed E-state index contributed by atoms with van der Waals surface area (Å²) < 4.78 is 28.1. The molecule has 1 atom stereocenters. The molecule has 0 spiro atoms. The molecular weight excluding hydrogens is 406 g/mol. The average molecular weight is 425 g/mol. The average Bonchev–Trinajstić information content (AvgIpc) is 3.14. The molecule has 1 heterocycles. The highest BCUT2D eigenvalue weighted by atomic mass is 35.5. The zero-order chi connectivity index (χ0) is 21.1. The maximum atomic E-state index is 14.6. The number of aliphatic hydroxyl groups excluding tert-OH is 1. The summed E-state index contributed by atoms with van der Waals surface area (Å²) in [6.07, 6.45) is -0.204. The molecule has 29 heavy (non-hydrogen) atoms. The van der Waals surface area contributed by atoms with E-state index in [0.29, 0.717) is 13.0 Å². The number of hydrazine groups is 1. The maximum absolute atomic E-state index is 14.6. The van der Waals surface area contributed by atoms with Crippen LogP contribution in [0.2, 0.25) is 5.02 Å². The molecule has 2 aromatic carbocycles. The second-order valence-corrected chi connectivity index (χ2v) is 7.04. The van der Waals surface area contributed by atoms with Crippen LogP contribution in [0.25, 0.3) is 0 Å². The SMILES string of the molecule is NNC(=O)c1ccc(CN(C(=O)N2CC[C@@H](O)C2)c2ccc(F)c(Cl)c2)c(F)c1.